The number of hydrogen-bond donors (Lipinski definition) is 1. The second kappa shape index (κ2) is 6.58. The van der Waals surface area contributed by atoms with E-state index < -0.39 is 12.1 Å². The molecule has 0 unspecified atom stereocenters. The number of nitrogens with zero attached hydrogens (tertiary/aromatic N) is 2. The number of ether oxygens (including phenoxy) is 1. The topological polar surface area (TPSA) is 75.9 Å². The molecule has 136 valence electrons. The van der Waals surface area contributed by atoms with Crippen LogP contribution in [0.25, 0.3) is 0 Å². The smallest absolute Gasteiger partial charge is 0.406 e. The molecule has 0 spiro atoms. The van der Waals surface area contributed by atoms with Crippen molar-refractivity contribution >= 4 is 28.9 Å². The van der Waals surface area contributed by atoms with Gasteiger partial charge in [0, 0.05) is 17.1 Å². The molecule has 0 aromatic heterocycles. The SMILES string of the molecule is Nc1ccc(N2CC(=O)N(c3ccc(OC(F)(F)F)cc3)CC2=O)cc1. The molecule has 1 aliphatic heterocycles. The summed E-state index contributed by atoms with van der Waals surface area (Å²) >= 11 is 0. The van der Waals surface area contributed by atoms with Crippen LogP contribution < -0.4 is 20.3 Å². The van der Waals surface area contributed by atoms with Crippen molar-refractivity contribution in [2.75, 3.05) is 28.6 Å². The van der Waals surface area contributed by atoms with Gasteiger partial charge in [-0.05, 0) is 48.5 Å². The van der Waals surface area contributed by atoms with E-state index in [0.29, 0.717) is 17.1 Å². The van der Waals surface area contributed by atoms with Crippen molar-refractivity contribution in [2.45, 2.75) is 6.36 Å². The molecule has 26 heavy (non-hydrogen) atoms. The van der Waals surface area contributed by atoms with Crippen LogP contribution in [0, 0.1) is 0 Å². The van der Waals surface area contributed by atoms with Gasteiger partial charge in [0.05, 0.1) is 0 Å². The highest BCUT2D eigenvalue weighted by atomic mass is 19.4. The summed E-state index contributed by atoms with van der Waals surface area (Å²) < 4.78 is 40.4. The summed E-state index contributed by atoms with van der Waals surface area (Å²) in [6.45, 7) is -0.397. The number of halogens is 3. The van der Waals surface area contributed by atoms with Crippen LogP contribution >= 0.6 is 0 Å². The number of benzene rings is 2. The third-order valence-corrected chi connectivity index (χ3v) is 3.78. The Kier molecular flexibility index (Phi) is 4.45. The highest BCUT2D eigenvalue weighted by Crippen LogP contribution is 2.27. The Morgan fingerprint density at radius 2 is 1.23 bits per heavy atom. The predicted octanol–water partition coefficient (Wildman–Crippen LogP) is 2.55. The lowest BCUT2D eigenvalue weighted by Crippen LogP contribution is -2.54. The maximum absolute atomic E-state index is 12.4. The number of carbonyl (C=O) groups is 2. The number of carbonyl (C=O) groups excluding carboxylic acids is 2. The Morgan fingerprint density at radius 3 is 1.65 bits per heavy atom. The zero-order chi connectivity index (χ0) is 18.9. The molecule has 0 radical (unpaired) electrons. The zero-order valence-electron chi connectivity index (χ0n) is 13.4. The quantitative estimate of drug-likeness (QED) is 0.849. The van der Waals surface area contributed by atoms with Gasteiger partial charge in [-0.1, -0.05) is 0 Å². The summed E-state index contributed by atoms with van der Waals surface area (Å²) in [7, 11) is 0. The second-order valence-corrected chi connectivity index (χ2v) is 5.59. The molecule has 9 heteroatoms. The Labute approximate surface area is 146 Å². The van der Waals surface area contributed by atoms with E-state index in [2.05, 4.69) is 4.74 Å². The second-order valence-electron chi connectivity index (χ2n) is 5.59. The predicted molar refractivity (Wildman–Crippen MR) is 88.7 cm³/mol. The van der Waals surface area contributed by atoms with Crippen molar-refractivity contribution < 1.29 is 27.5 Å². The fourth-order valence-electron chi connectivity index (χ4n) is 2.57. The maximum atomic E-state index is 12.4. The molecular weight excluding hydrogens is 351 g/mol. The Hall–Kier alpha value is -3.23. The number of amides is 2. The monoisotopic (exact) mass is 365 g/mol. The lowest BCUT2D eigenvalue weighted by atomic mass is 10.2. The van der Waals surface area contributed by atoms with E-state index in [1.807, 2.05) is 0 Å². The van der Waals surface area contributed by atoms with Crippen LogP contribution in [0.1, 0.15) is 0 Å². The van der Waals surface area contributed by atoms with Crippen molar-refractivity contribution in [3.05, 3.63) is 48.5 Å². The van der Waals surface area contributed by atoms with E-state index in [1.54, 1.807) is 24.3 Å². The molecule has 2 N–H and O–H groups in total. The van der Waals surface area contributed by atoms with Crippen molar-refractivity contribution in [1.29, 1.82) is 0 Å². The molecule has 1 aliphatic rings. The van der Waals surface area contributed by atoms with Crippen LogP contribution in [0.2, 0.25) is 0 Å². The molecular formula is C17H14F3N3O3. The Bertz CT molecular complexity index is 820. The number of nitrogens with two attached hydrogens (primary N) is 1. The van der Waals surface area contributed by atoms with Crippen molar-refractivity contribution in [1.82, 2.24) is 0 Å². The third kappa shape index (κ3) is 3.88. The summed E-state index contributed by atoms with van der Waals surface area (Å²) in [6, 6.07) is 11.3. The number of anilines is 3. The van der Waals surface area contributed by atoms with E-state index in [0.717, 1.165) is 12.1 Å². The average Bonchev–Trinajstić information content (AvgIpc) is 2.57. The number of piperazine rings is 1. The summed E-state index contributed by atoms with van der Waals surface area (Å²) in [6.07, 6.45) is -4.79. The van der Waals surface area contributed by atoms with Gasteiger partial charge in [-0.25, -0.2) is 0 Å². The minimum Gasteiger partial charge on any atom is -0.406 e. The van der Waals surface area contributed by atoms with Crippen LogP contribution in [0.4, 0.5) is 30.2 Å². The van der Waals surface area contributed by atoms with E-state index >= 15 is 0 Å². The number of nitrogen functional groups attached to an aromatic ring is 1. The van der Waals surface area contributed by atoms with E-state index in [-0.39, 0.29) is 24.9 Å². The molecule has 1 saturated heterocycles. The van der Waals surface area contributed by atoms with Gasteiger partial charge >= 0.3 is 6.36 Å². The lowest BCUT2D eigenvalue weighted by molar-refractivity contribution is -0.274. The van der Waals surface area contributed by atoms with Crippen molar-refractivity contribution in [3.63, 3.8) is 0 Å². The highest BCUT2D eigenvalue weighted by Gasteiger charge is 2.33. The highest BCUT2D eigenvalue weighted by molar-refractivity contribution is 6.12. The molecule has 1 fully saturated rings. The average molecular weight is 365 g/mol. The largest absolute Gasteiger partial charge is 0.573 e. The van der Waals surface area contributed by atoms with Gasteiger partial charge in [-0.2, -0.15) is 0 Å². The van der Waals surface area contributed by atoms with Crippen molar-refractivity contribution in [3.8, 4) is 5.75 Å². The first-order chi connectivity index (χ1) is 12.2. The van der Waals surface area contributed by atoms with Gasteiger partial charge in [0.2, 0.25) is 11.8 Å². The van der Waals surface area contributed by atoms with Crippen LogP contribution in [-0.4, -0.2) is 31.3 Å². The molecule has 2 aromatic carbocycles. The first-order valence-electron chi connectivity index (χ1n) is 7.55. The zero-order valence-corrected chi connectivity index (χ0v) is 13.4. The Balaban J connectivity index is 1.74. The van der Waals surface area contributed by atoms with Crippen LogP contribution in [0.3, 0.4) is 0 Å². The van der Waals surface area contributed by atoms with Gasteiger partial charge in [-0.3, -0.25) is 9.59 Å². The number of alkyl halides is 3. The van der Waals surface area contributed by atoms with Crippen LogP contribution in [0.5, 0.6) is 5.75 Å². The molecule has 0 bridgehead atoms. The van der Waals surface area contributed by atoms with E-state index in [4.69, 9.17) is 5.73 Å². The van der Waals surface area contributed by atoms with Crippen LogP contribution in [0.15, 0.2) is 48.5 Å². The third-order valence-electron chi connectivity index (χ3n) is 3.78. The molecule has 3 rings (SSSR count). The molecule has 2 aromatic rings. The molecule has 0 aliphatic carbocycles. The fourth-order valence-corrected chi connectivity index (χ4v) is 2.57. The van der Waals surface area contributed by atoms with Crippen LogP contribution in [-0.2, 0) is 9.59 Å². The normalized spacial score (nSPS) is 15.3. The molecule has 0 atom stereocenters. The first-order valence-corrected chi connectivity index (χ1v) is 7.55. The van der Waals surface area contributed by atoms with Gasteiger partial charge in [0.15, 0.2) is 0 Å². The summed E-state index contributed by atoms with van der Waals surface area (Å²) in [5.74, 6) is -1.07. The summed E-state index contributed by atoms with van der Waals surface area (Å²) in [5, 5.41) is 0. The van der Waals surface area contributed by atoms with Gasteiger partial charge in [0.1, 0.15) is 18.8 Å². The molecule has 1 heterocycles. The Morgan fingerprint density at radius 1 is 0.808 bits per heavy atom. The molecule has 2 amide bonds. The number of rotatable bonds is 3. The van der Waals surface area contributed by atoms with Gasteiger partial charge in [0.25, 0.3) is 0 Å². The molecule has 6 nitrogen and oxygen atoms in total. The standard InChI is InChI=1S/C17H14F3N3O3/c18-17(19,20)26-14-7-5-13(6-8-14)23-10-15(24)22(9-16(23)25)12-3-1-11(21)2-4-12/h1-8H,9-10,21H2. The van der Waals surface area contributed by atoms with E-state index in [9.17, 15) is 22.8 Å². The lowest BCUT2D eigenvalue weighted by Gasteiger charge is -2.34. The first kappa shape index (κ1) is 17.6. The van der Waals surface area contributed by atoms with Gasteiger partial charge < -0.3 is 20.3 Å². The fraction of sp³-hybridized carbons (Fsp3) is 0.176. The minimum atomic E-state index is -4.79. The van der Waals surface area contributed by atoms with Crippen molar-refractivity contribution in [2.24, 2.45) is 0 Å². The maximum Gasteiger partial charge on any atom is 0.573 e. The summed E-state index contributed by atoms with van der Waals surface area (Å²) in [5.41, 5.74) is 7.00. The van der Waals surface area contributed by atoms with Gasteiger partial charge in [-0.15, -0.1) is 13.2 Å². The molecule has 0 saturated carbocycles. The minimum absolute atomic E-state index is 0.177. The number of hydrogen-bond acceptors (Lipinski definition) is 4. The summed E-state index contributed by atoms with van der Waals surface area (Å²) in [4.78, 5) is 27.3. The van der Waals surface area contributed by atoms with E-state index in [1.165, 1.54) is 21.9 Å².